The first-order valence-corrected chi connectivity index (χ1v) is 7.61. The summed E-state index contributed by atoms with van der Waals surface area (Å²) in [6.45, 7) is 2.94. The average molecular weight is 316 g/mol. The molecule has 9 heteroatoms. The highest BCUT2D eigenvalue weighted by atomic mass is 32.2. The number of aliphatic carboxylic acids is 1. The molecular weight excluding hydrogens is 300 g/mol. The van der Waals surface area contributed by atoms with Crippen molar-refractivity contribution < 1.29 is 23.2 Å². The summed E-state index contributed by atoms with van der Waals surface area (Å²) < 4.78 is 26.5. The van der Waals surface area contributed by atoms with Crippen LogP contribution < -0.4 is 4.72 Å². The average Bonchev–Trinajstić information content (AvgIpc) is 2.38. The zero-order valence-corrected chi connectivity index (χ0v) is 12.4. The van der Waals surface area contributed by atoms with Gasteiger partial charge in [0.15, 0.2) is 0 Å². The molecule has 0 aliphatic heterocycles. The van der Waals surface area contributed by atoms with Gasteiger partial charge in [0.05, 0.1) is 15.7 Å². The second-order valence-corrected chi connectivity index (χ2v) is 6.37. The summed E-state index contributed by atoms with van der Waals surface area (Å²) in [5.74, 6) is -1.69. The number of nitro groups is 1. The van der Waals surface area contributed by atoms with E-state index in [0.717, 1.165) is 6.07 Å². The molecule has 0 saturated carbocycles. The van der Waals surface area contributed by atoms with Crippen molar-refractivity contribution in [1.29, 1.82) is 0 Å². The van der Waals surface area contributed by atoms with Gasteiger partial charge < -0.3 is 5.11 Å². The maximum Gasteiger partial charge on any atom is 0.306 e. The molecule has 0 aliphatic rings. The lowest BCUT2D eigenvalue weighted by Gasteiger charge is -2.10. The van der Waals surface area contributed by atoms with E-state index in [1.165, 1.54) is 26.0 Å². The second kappa shape index (κ2) is 6.64. The van der Waals surface area contributed by atoms with E-state index in [4.69, 9.17) is 5.11 Å². The van der Waals surface area contributed by atoms with Gasteiger partial charge in [0.2, 0.25) is 10.0 Å². The van der Waals surface area contributed by atoms with Crippen LogP contribution in [-0.2, 0) is 14.8 Å². The molecule has 0 aliphatic carbocycles. The third-order valence-corrected chi connectivity index (χ3v) is 4.57. The van der Waals surface area contributed by atoms with Crippen LogP contribution in [0.1, 0.15) is 18.9 Å². The van der Waals surface area contributed by atoms with Crippen molar-refractivity contribution >= 4 is 21.7 Å². The van der Waals surface area contributed by atoms with Crippen LogP contribution in [0.15, 0.2) is 23.1 Å². The van der Waals surface area contributed by atoms with Crippen molar-refractivity contribution in [2.75, 3.05) is 6.54 Å². The number of carboxylic acids is 1. The van der Waals surface area contributed by atoms with Crippen LogP contribution in [0.4, 0.5) is 5.69 Å². The first kappa shape index (κ1) is 17.1. The van der Waals surface area contributed by atoms with Crippen molar-refractivity contribution in [3.05, 3.63) is 33.9 Å². The van der Waals surface area contributed by atoms with Crippen molar-refractivity contribution in [2.24, 2.45) is 5.92 Å². The largest absolute Gasteiger partial charge is 0.481 e. The maximum absolute atomic E-state index is 12.1. The second-order valence-electron chi connectivity index (χ2n) is 4.63. The van der Waals surface area contributed by atoms with Gasteiger partial charge in [0.1, 0.15) is 0 Å². The first-order chi connectivity index (χ1) is 9.65. The molecule has 1 unspecified atom stereocenters. The van der Waals surface area contributed by atoms with E-state index in [9.17, 15) is 23.3 Å². The van der Waals surface area contributed by atoms with E-state index in [1.807, 2.05) is 0 Å². The highest BCUT2D eigenvalue weighted by Crippen LogP contribution is 2.21. The quantitative estimate of drug-likeness (QED) is 0.576. The Morgan fingerprint density at radius 3 is 2.62 bits per heavy atom. The Kier molecular flexibility index (Phi) is 5.39. The normalized spacial score (nSPS) is 12.9. The third-order valence-electron chi connectivity index (χ3n) is 2.96. The predicted octanol–water partition coefficient (Wildman–Crippen LogP) is 1.29. The summed E-state index contributed by atoms with van der Waals surface area (Å²) in [5.41, 5.74) is 0.0549. The molecule has 0 fully saturated rings. The van der Waals surface area contributed by atoms with Gasteiger partial charge >= 0.3 is 5.97 Å². The maximum atomic E-state index is 12.1. The summed E-state index contributed by atoms with van der Waals surface area (Å²) in [4.78, 5) is 20.5. The lowest BCUT2D eigenvalue weighted by Crippen LogP contribution is -2.27. The monoisotopic (exact) mass is 316 g/mol. The number of rotatable bonds is 7. The van der Waals surface area contributed by atoms with Crippen molar-refractivity contribution in [2.45, 2.75) is 25.2 Å². The van der Waals surface area contributed by atoms with Crippen molar-refractivity contribution in [1.82, 2.24) is 4.72 Å². The highest BCUT2D eigenvalue weighted by Gasteiger charge is 2.21. The lowest BCUT2D eigenvalue weighted by molar-refractivity contribution is -0.385. The molecule has 0 amide bonds. The van der Waals surface area contributed by atoms with Crippen LogP contribution in [0.25, 0.3) is 0 Å². The van der Waals surface area contributed by atoms with E-state index in [1.54, 1.807) is 0 Å². The van der Waals surface area contributed by atoms with Gasteiger partial charge in [-0.05, 0) is 18.9 Å². The molecule has 2 N–H and O–H groups in total. The van der Waals surface area contributed by atoms with Gasteiger partial charge in [0, 0.05) is 18.7 Å². The molecule has 0 saturated heterocycles. The number of aryl methyl sites for hydroxylation is 1. The molecule has 1 rings (SSSR count). The van der Waals surface area contributed by atoms with E-state index < -0.39 is 26.8 Å². The van der Waals surface area contributed by atoms with Crippen LogP contribution in [0.3, 0.4) is 0 Å². The Morgan fingerprint density at radius 2 is 2.10 bits per heavy atom. The van der Waals surface area contributed by atoms with Gasteiger partial charge in [-0.3, -0.25) is 14.9 Å². The van der Waals surface area contributed by atoms with E-state index >= 15 is 0 Å². The molecule has 1 atom stereocenters. The van der Waals surface area contributed by atoms with Gasteiger partial charge in [-0.25, -0.2) is 13.1 Å². The van der Waals surface area contributed by atoms with Crippen molar-refractivity contribution in [3.8, 4) is 0 Å². The van der Waals surface area contributed by atoms with E-state index in [0.29, 0.717) is 5.56 Å². The van der Waals surface area contributed by atoms with Crippen LogP contribution in [0.2, 0.25) is 0 Å². The minimum absolute atomic E-state index is 0.0576. The number of hydrogen-bond acceptors (Lipinski definition) is 5. The summed E-state index contributed by atoms with van der Waals surface area (Å²) in [5, 5.41) is 19.4. The molecule has 116 valence electrons. The Bertz CT molecular complexity index is 656. The Balaban J connectivity index is 2.90. The Labute approximate surface area is 122 Å². The third kappa shape index (κ3) is 4.50. The topological polar surface area (TPSA) is 127 Å². The smallest absolute Gasteiger partial charge is 0.306 e. The molecule has 0 bridgehead atoms. The fraction of sp³-hybridized carbons (Fsp3) is 0.417. The van der Waals surface area contributed by atoms with Gasteiger partial charge in [-0.15, -0.1) is 0 Å². The predicted molar refractivity (Wildman–Crippen MR) is 74.4 cm³/mol. The number of benzene rings is 1. The highest BCUT2D eigenvalue weighted by molar-refractivity contribution is 7.89. The zero-order valence-electron chi connectivity index (χ0n) is 11.6. The van der Waals surface area contributed by atoms with Gasteiger partial charge in [-0.2, -0.15) is 0 Å². The molecule has 0 heterocycles. The fourth-order valence-electron chi connectivity index (χ4n) is 1.60. The fourth-order valence-corrected chi connectivity index (χ4v) is 2.91. The van der Waals surface area contributed by atoms with Gasteiger partial charge in [0.25, 0.3) is 5.69 Å². The zero-order chi connectivity index (χ0) is 16.2. The number of sulfonamides is 1. The molecule has 1 aromatic carbocycles. The van der Waals surface area contributed by atoms with E-state index in [2.05, 4.69) is 4.72 Å². The SMILES string of the molecule is Cc1ccc([N+](=O)[O-])cc1S(=O)(=O)NCCC(C)C(=O)O. The number of non-ortho nitro benzene ring substituents is 1. The summed E-state index contributed by atoms with van der Waals surface area (Å²) in [6, 6.07) is 3.56. The van der Waals surface area contributed by atoms with Gasteiger partial charge in [-0.1, -0.05) is 13.0 Å². The number of nitrogens with one attached hydrogen (secondary N) is 1. The molecule has 1 aromatic rings. The molecule has 0 spiro atoms. The Hall–Kier alpha value is -2.00. The van der Waals surface area contributed by atoms with Crippen LogP contribution in [-0.4, -0.2) is 31.0 Å². The lowest BCUT2D eigenvalue weighted by atomic mass is 10.1. The minimum Gasteiger partial charge on any atom is -0.481 e. The van der Waals surface area contributed by atoms with Crippen molar-refractivity contribution in [3.63, 3.8) is 0 Å². The van der Waals surface area contributed by atoms with Crippen LogP contribution >= 0.6 is 0 Å². The summed E-state index contributed by atoms with van der Waals surface area (Å²) in [7, 11) is -3.92. The molecule has 21 heavy (non-hydrogen) atoms. The standard InChI is InChI=1S/C12H16N2O6S/c1-8-3-4-10(14(17)18)7-11(8)21(19,20)13-6-5-9(2)12(15)16/h3-4,7,9,13H,5-6H2,1-2H3,(H,15,16). The number of nitrogens with zero attached hydrogens (tertiary/aromatic N) is 1. The Morgan fingerprint density at radius 1 is 1.48 bits per heavy atom. The molecule has 0 aromatic heterocycles. The number of carbonyl (C=O) groups is 1. The molecule has 8 nitrogen and oxygen atoms in total. The minimum atomic E-state index is -3.92. The van der Waals surface area contributed by atoms with E-state index in [-0.39, 0.29) is 23.5 Å². The summed E-state index contributed by atoms with van der Waals surface area (Å²) >= 11 is 0. The van der Waals surface area contributed by atoms with Crippen LogP contribution in [0.5, 0.6) is 0 Å². The molecular formula is C12H16N2O6S. The molecule has 0 radical (unpaired) electrons. The number of nitro benzene ring substituents is 1. The number of carboxylic acid groups (broad SMARTS) is 1. The first-order valence-electron chi connectivity index (χ1n) is 6.12. The van der Waals surface area contributed by atoms with Crippen LogP contribution in [0, 0.1) is 23.0 Å². The summed E-state index contributed by atoms with van der Waals surface area (Å²) in [6.07, 6.45) is 0.128. The number of hydrogen-bond donors (Lipinski definition) is 2.